The molecule has 2 aliphatic heterocycles. The molecule has 1 aromatic heterocycles. The number of nitrogens with zero attached hydrogens (tertiary/aromatic N) is 3. The van der Waals surface area contributed by atoms with E-state index in [2.05, 4.69) is 49.6 Å². The molecule has 4 rings (SSSR count). The highest BCUT2D eigenvalue weighted by Gasteiger charge is 2.52. The van der Waals surface area contributed by atoms with Crippen LogP contribution >= 0.6 is 0 Å². The zero-order valence-electron chi connectivity index (χ0n) is 12.5. The molecular weight excluding hydrogens is 250 g/mol. The van der Waals surface area contributed by atoms with Crippen molar-refractivity contribution in [3.05, 3.63) is 30.1 Å². The van der Waals surface area contributed by atoms with Gasteiger partial charge in [0.15, 0.2) is 0 Å². The van der Waals surface area contributed by atoms with Gasteiger partial charge in [-0.2, -0.15) is 5.06 Å². The molecule has 3 atom stereocenters. The molecule has 0 N–H and O–H groups in total. The first-order valence-electron chi connectivity index (χ1n) is 7.31. The normalized spacial score (nSPS) is 29.9. The average Bonchev–Trinajstić information content (AvgIpc) is 2.98. The minimum Gasteiger partial charge on any atom is -0.326 e. The number of hydroxylamine groups is 2. The molecule has 0 unspecified atom stereocenters. The number of imidazole rings is 1. The molecule has 3 heterocycles. The van der Waals surface area contributed by atoms with Crippen LogP contribution in [-0.4, -0.2) is 27.8 Å². The summed E-state index contributed by atoms with van der Waals surface area (Å²) < 4.78 is 2.38. The molecule has 1 fully saturated rings. The fourth-order valence-corrected chi connectivity index (χ4v) is 3.83. The molecule has 0 saturated carbocycles. The maximum Gasteiger partial charge on any atom is 0.130 e. The van der Waals surface area contributed by atoms with Crippen molar-refractivity contribution in [1.82, 2.24) is 14.6 Å². The van der Waals surface area contributed by atoms with E-state index in [9.17, 15) is 0 Å². The van der Waals surface area contributed by atoms with E-state index in [1.54, 1.807) is 0 Å². The number of fused-ring (bicyclic) bond motifs is 5. The molecule has 0 radical (unpaired) electrons. The first-order chi connectivity index (χ1) is 9.47. The first-order valence-corrected chi connectivity index (χ1v) is 7.31. The Kier molecular flexibility index (Phi) is 2.37. The van der Waals surface area contributed by atoms with Crippen LogP contribution in [0.4, 0.5) is 0 Å². The van der Waals surface area contributed by atoms with E-state index in [4.69, 9.17) is 9.82 Å². The second-order valence-corrected chi connectivity index (χ2v) is 7.12. The van der Waals surface area contributed by atoms with Gasteiger partial charge in [-0.05, 0) is 17.5 Å². The lowest BCUT2D eigenvalue weighted by Gasteiger charge is -2.29. The summed E-state index contributed by atoms with van der Waals surface area (Å²) in [5, 5.41) is 2.02. The van der Waals surface area contributed by atoms with Crippen LogP contribution in [-0.2, 0) is 11.4 Å². The molecule has 0 spiro atoms. The van der Waals surface area contributed by atoms with Crippen molar-refractivity contribution in [1.29, 1.82) is 0 Å². The summed E-state index contributed by atoms with van der Waals surface area (Å²) in [7, 11) is 2.04. The van der Waals surface area contributed by atoms with Crippen molar-refractivity contribution in [2.75, 3.05) is 7.05 Å². The van der Waals surface area contributed by atoms with Crippen LogP contribution in [0, 0.1) is 11.3 Å². The minimum absolute atomic E-state index is 0.146. The molecule has 4 nitrogen and oxygen atoms in total. The van der Waals surface area contributed by atoms with Crippen LogP contribution in [0.2, 0.25) is 0 Å². The van der Waals surface area contributed by atoms with E-state index in [0.29, 0.717) is 5.92 Å². The lowest BCUT2D eigenvalue weighted by molar-refractivity contribution is -0.173. The summed E-state index contributed by atoms with van der Waals surface area (Å²) in [5.41, 5.74) is 2.49. The van der Waals surface area contributed by atoms with Gasteiger partial charge < -0.3 is 4.57 Å². The highest BCUT2D eigenvalue weighted by atomic mass is 16.7. The van der Waals surface area contributed by atoms with E-state index in [-0.39, 0.29) is 17.6 Å². The molecule has 20 heavy (non-hydrogen) atoms. The maximum atomic E-state index is 6.13. The Morgan fingerprint density at radius 2 is 2.00 bits per heavy atom. The van der Waals surface area contributed by atoms with Gasteiger partial charge in [0, 0.05) is 19.5 Å². The van der Waals surface area contributed by atoms with E-state index in [1.165, 1.54) is 5.52 Å². The summed E-state index contributed by atoms with van der Waals surface area (Å²) in [5.74, 6) is 1.65. The van der Waals surface area contributed by atoms with Gasteiger partial charge in [-0.25, -0.2) is 4.98 Å². The zero-order chi connectivity index (χ0) is 14.1. The number of rotatable bonds is 0. The molecule has 1 aromatic carbocycles. The predicted molar refractivity (Wildman–Crippen MR) is 78.1 cm³/mol. The lowest BCUT2D eigenvalue weighted by atomic mass is 9.80. The molecule has 2 aliphatic rings. The Hall–Kier alpha value is -1.39. The SMILES string of the molecule is CN1O[C@@H](C(C)(C)C)[C@@H]2Cn3c(nc4ccccc43)[C@@H]21. The van der Waals surface area contributed by atoms with Gasteiger partial charge in [0.25, 0.3) is 0 Å². The molecule has 2 aromatic rings. The summed E-state index contributed by atoms with van der Waals surface area (Å²) in [6.45, 7) is 7.78. The Balaban J connectivity index is 1.82. The molecule has 1 saturated heterocycles. The highest BCUT2D eigenvalue weighted by Crippen LogP contribution is 2.49. The Morgan fingerprint density at radius 1 is 1.25 bits per heavy atom. The van der Waals surface area contributed by atoms with Crippen LogP contribution in [0.3, 0.4) is 0 Å². The van der Waals surface area contributed by atoms with Crippen LogP contribution in [0.5, 0.6) is 0 Å². The summed E-state index contributed by atoms with van der Waals surface area (Å²) >= 11 is 0. The third-order valence-electron chi connectivity index (χ3n) is 4.66. The summed E-state index contributed by atoms with van der Waals surface area (Å²) in [6.07, 6.45) is 0.248. The van der Waals surface area contributed by atoms with E-state index in [0.717, 1.165) is 17.9 Å². The zero-order valence-corrected chi connectivity index (χ0v) is 12.5. The molecule has 4 heteroatoms. The highest BCUT2D eigenvalue weighted by molar-refractivity contribution is 5.76. The Morgan fingerprint density at radius 3 is 2.75 bits per heavy atom. The van der Waals surface area contributed by atoms with E-state index in [1.807, 2.05) is 12.1 Å². The Labute approximate surface area is 119 Å². The van der Waals surface area contributed by atoms with Crippen LogP contribution in [0.15, 0.2) is 24.3 Å². The van der Waals surface area contributed by atoms with Gasteiger partial charge in [-0.15, -0.1) is 0 Å². The average molecular weight is 271 g/mol. The smallest absolute Gasteiger partial charge is 0.130 e. The minimum atomic E-state index is 0.146. The van der Waals surface area contributed by atoms with Crippen molar-refractivity contribution in [3.8, 4) is 0 Å². The molecule has 0 bridgehead atoms. The van der Waals surface area contributed by atoms with Gasteiger partial charge in [-0.1, -0.05) is 32.9 Å². The van der Waals surface area contributed by atoms with E-state index >= 15 is 0 Å². The van der Waals surface area contributed by atoms with Gasteiger partial charge in [0.2, 0.25) is 0 Å². The van der Waals surface area contributed by atoms with Gasteiger partial charge in [-0.3, -0.25) is 4.84 Å². The quantitative estimate of drug-likeness (QED) is 0.738. The van der Waals surface area contributed by atoms with Crippen molar-refractivity contribution in [2.24, 2.45) is 11.3 Å². The van der Waals surface area contributed by atoms with Crippen molar-refractivity contribution >= 4 is 11.0 Å². The maximum absolute atomic E-state index is 6.13. The molecule has 0 aliphatic carbocycles. The van der Waals surface area contributed by atoms with Gasteiger partial charge in [0.1, 0.15) is 11.9 Å². The second-order valence-electron chi connectivity index (χ2n) is 7.12. The number of hydrogen-bond acceptors (Lipinski definition) is 3. The fourth-order valence-electron chi connectivity index (χ4n) is 3.83. The monoisotopic (exact) mass is 271 g/mol. The van der Waals surface area contributed by atoms with E-state index < -0.39 is 0 Å². The van der Waals surface area contributed by atoms with Crippen molar-refractivity contribution < 1.29 is 4.84 Å². The largest absolute Gasteiger partial charge is 0.326 e. The topological polar surface area (TPSA) is 30.3 Å². The fraction of sp³-hybridized carbons (Fsp3) is 0.562. The molecular formula is C16H21N3O. The van der Waals surface area contributed by atoms with Crippen molar-refractivity contribution in [2.45, 2.75) is 39.5 Å². The number of hydrogen-bond donors (Lipinski definition) is 0. The predicted octanol–water partition coefficient (Wildman–Crippen LogP) is 3.00. The molecule has 0 amide bonds. The Bertz CT molecular complexity index is 670. The molecule has 106 valence electrons. The first kappa shape index (κ1) is 12.4. The third kappa shape index (κ3) is 1.52. The number of benzene rings is 1. The van der Waals surface area contributed by atoms with Crippen molar-refractivity contribution in [3.63, 3.8) is 0 Å². The summed E-state index contributed by atoms with van der Waals surface area (Å²) in [6, 6.07) is 8.68. The number of para-hydroxylation sites is 2. The lowest BCUT2D eigenvalue weighted by Crippen LogP contribution is -2.33. The van der Waals surface area contributed by atoms with Gasteiger partial charge >= 0.3 is 0 Å². The third-order valence-corrected chi connectivity index (χ3v) is 4.66. The van der Waals surface area contributed by atoms with Crippen LogP contribution in [0.25, 0.3) is 11.0 Å². The van der Waals surface area contributed by atoms with Crippen LogP contribution < -0.4 is 0 Å². The second kappa shape index (κ2) is 3.83. The number of aromatic nitrogens is 2. The standard InChI is InChI=1S/C16H21N3O/c1-16(2,3)14-10-9-19-12-8-6-5-7-11(12)17-15(19)13(10)18(4)20-14/h5-8,10,13-14H,9H2,1-4H3/t10-,13-,14-/m1/s1. The summed E-state index contributed by atoms with van der Waals surface area (Å²) in [4.78, 5) is 11.0. The van der Waals surface area contributed by atoms with Gasteiger partial charge in [0.05, 0.1) is 17.1 Å². The van der Waals surface area contributed by atoms with Crippen LogP contribution in [0.1, 0.15) is 32.6 Å².